The number of amides is 3. The zero-order valence-corrected chi connectivity index (χ0v) is 17.3. The van der Waals surface area contributed by atoms with Gasteiger partial charge in [0.25, 0.3) is 11.8 Å². The van der Waals surface area contributed by atoms with E-state index in [-0.39, 0.29) is 17.7 Å². The lowest BCUT2D eigenvalue weighted by atomic mass is 10.0. The van der Waals surface area contributed by atoms with E-state index in [4.69, 9.17) is 0 Å². The summed E-state index contributed by atoms with van der Waals surface area (Å²) in [6.45, 7) is 0.500. The molecule has 0 spiro atoms. The largest absolute Gasteiger partial charge is 0.313 e. The molecule has 32 heavy (non-hydrogen) atoms. The van der Waals surface area contributed by atoms with E-state index in [1.807, 2.05) is 42.5 Å². The van der Waals surface area contributed by atoms with Crippen LogP contribution in [0.4, 0.5) is 11.6 Å². The van der Waals surface area contributed by atoms with Crippen LogP contribution in [-0.2, 0) is 4.79 Å². The molecule has 1 aromatic heterocycles. The Morgan fingerprint density at radius 3 is 2.56 bits per heavy atom. The number of carbonyl (C=O) groups excluding carboxylic acids is 3. The van der Waals surface area contributed by atoms with Gasteiger partial charge in [-0.25, -0.2) is 5.10 Å². The number of carbonyl (C=O) groups is 3. The molecule has 5 rings (SSSR count). The monoisotopic (exact) mass is 430 g/mol. The first-order valence-electron chi connectivity index (χ1n) is 10.6. The minimum Gasteiger partial charge on any atom is -0.313 e. The van der Waals surface area contributed by atoms with E-state index in [0.717, 1.165) is 18.4 Å². The molecule has 2 N–H and O–H groups in total. The van der Waals surface area contributed by atoms with Crippen molar-refractivity contribution in [3.8, 4) is 0 Å². The highest BCUT2D eigenvalue weighted by Crippen LogP contribution is 2.45. The molecule has 0 aliphatic carbocycles. The molecule has 9 nitrogen and oxygen atoms in total. The first-order chi connectivity index (χ1) is 15.6. The van der Waals surface area contributed by atoms with Crippen molar-refractivity contribution >= 4 is 29.4 Å². The predicted molar refractivity (Wildman–Crippen MR) is 117 cm³/mol. The Morgan fingerprint density at radius 2 is 1.75 bits per heavy atom. The fourth-order valence-electron chi connectivity index (χ4n) is 4.40. The summed E-state index contributed by atoms with van der Waals surface area (Å²) in [6.07, 6.45) is 3.44. The van der Waals surface area contributed by atoms with Crippen molar-refractivity contribution in [1.82, 2.24) is 20.1 Å². The molecule has 0 saturated heterocycles. The Morgan fingerprint density at radius 1 is 0.969 bits per heavy atom. The standard InChI is InChI=1S/C23H22N6O3/c30-19(26-23-24-14-25-27-23)12-2-1-7-13-28-20-15-8-3-4-9-16(15)22(32)29(20)18-11-6-5-10-17(18)21(28)31/h3-6,8-11,14,20H,1-2,7,12-13H2,(H2,24,25,26,27,30)/t20-/m1/s1. The number of aromatic nitrogens is 3. The summed E-state index contributed by atoms with van der Waals surface area (Å²) in [5, 5.41) is 8.93. The van der Waals surface area contributed by atoms with Gasteiger partial charge >= 0.3 is 0 Å². The third-order valence-electron chi connectivity index (χ3n) is 5.86. The van der Waals surface area contributed by atoms with E-state index in [1.165, 1.54) is 6.33 Å². The molecule has 2 aliphatic rings. The van der Waals surface area contributed by atoms with Crippen molar-refractivity contribution in [3.63, 3.8) is 0 Å². The molecule has 9 heteroatoms. The quantitative estimate of drug-likeness (QED) is 0.560. The van der Waals surface area contributed by atoms with Crippen LogP contribution in [0.15, 0.2) is 54.9 Å². The van der Waals surface area contributed by atoms with Gasteiger partial charge in [0.05, 0.1) is 11.3 Å². The third-order valence-corrected chi connectivity index (χ3v) is 5.86. The van der Waals surface area contributed by atoms with Crippen LogP contribution in [-0.4, -0.2) is 44.3 Å². The minimum atomic E-state index is -0.434. The van der Waals surface area contributed by atoms with Crippen LogP contribution >= 0.6 is 0 Å². The average molecular weight is 430 g/mol. The van der Waals surface area contributed by atoms with Crippen LogP contribution < -0.4 is 10.2 Å². The summed E-state index contributed by atoms with van der Waals surface area (Å²) in [6, 6.07) is 14.7. The van der Waals surface area contributed by atoms with E-state index in [0.29, 0.717) is 42.1 Å². The van der Waals surface area contributed by atoms with Crippen molar-refractivity contribution in [2.24, 2.45) is 0 Å². The lowest BCUT2D eigenvalue weighted by molar-refractivity contribution is -0.116. The fraction of sp³-hybridized carbons (Fsp3) is 0.261. The third kappa shape index (κ3) is 3.41. The number of nitrogens with zero attached hydrogens (tertiary/aromatic N) is 4. The molecule has 3 heterocycles. The summed E-state index contributed by atoms with van der Waals surface area (Å²) in [5.41, 5.74) is 2.68. The smallest absolute Gasteiger partial charge is 0.260 e. The van der Waals surface area contributed by atoms with Gasteiger partial charge in [0.1, 0.15) is 12.5 Å². The van der Waals surface area contributed by atoms with Gasteiger partial charge in [-0.15, -0.1) is 0 Å². The normalized spacial score (nSPS) is 16.6. The molecule has 0 fully saturated rings. The number of benzene rings is 2. The molecule has 0 radical (unpaired) electrons. The zero-order chi connectivity index (χ0) is 22.1. The topological polar surface area (TPSA) is 111 Å². The molecule has 0 saturated carbocycles. The number of hydrogen-bond acceptors (Lipinski definition) is 5. The Kier molecular flexibility index (Phi) is 5.14. The van der Waals surface area contributed by atoms with Crippen LogP contribution in [0.5, 0.6) is 0 Å². The summed E-state index contributed by atoms with van der Waals surface area (Å²) < 4.78 is 0. The molecule has 3 amide bonds. The predicted octanol–water partition coefficient (Wildman–Crippen LogP) is 3.12. The van der Waals surface area contributed by atoms with E-state index in [9.17, 15) is 14.4 Å². The maximum Gasteiger partial charge on any atom is 0.260 e. The second-order valence-electron chi connectivity index (χ2n) is 7.84. The lowest BCUT2D eigenvalue weighted by Crippen LogP contribution is -2.48. The highest BCUT2D eigenvalue weighted by molar-refractivity contribution is 6.16. The zero-order valence-electron chi connectivity index (χ0n) is 17.3. The Bertz CT molecular complexity index is 1180. The van der Waals surface area contributed by atoms with Crippen LogP contribution in [0, 0.1) is 0 Å². The Labute approximate surface area is 184 Å². The molecule has 3 aromatic rings. The van der Waals surface area contributed by atoms with Gasteiger partial charge in [-0.3, -0.25) is 24.6 Å². The van der Waals surface area contributed by atoms with Crippen molar-refractivity contribution in [3.05, 3.63) is 71.5 Å². The second kappa shape index (κ2) is 8.26. The molecular weight excluding hydrogens is 408 g/mol. The highest BCUT2D eigenvalue weighted by atomic mass is 16.2. The van der Waals surface area contributed by atoms with Crippen molar-refractivity contribution in [2.75, 3.05) is 16.8 Å². The molecule has 2 aromatic carbocycles. The number of aromatic amines is 1. The van der Waals surface area contributed by atoms with Gasteiger partial charge in [0, 0.05) is 24.1 Å². The van der Waals surface area contributed by atoms with Gasteiger partial charge in [-0.2, -0.15) is 10.1 Å². The maximum absolute atomic E-state index is 13.3. The number of hydrogen-bond donors (Lipinski definition) is 2. The van der Waals surface area contributed by atoms with Gasteiger partial charge in [0.15, 0.2) is 0 Å². The molecule has 2 aliphatic heterocycles. The van der Waals surface area contributed by atoms with E-state index in [2.05, 4.69) is 20.5 Å². The molecular formula is C23H22N6O3. The number of fused-ring (bicyclic) bond motifs is 5. The summed E-state index contributed by atoms with van der Waals surface area (Å²) in [5.74, 6) is 0.0394. The van der Waals surface area contributed by atoms with Crippen molar-refractivity contribution < 1.29 is 14.4 Å². The molecule has 0 unspecified atom stereocenters. The van der Waals surface area contributed by atoms with Crippen LogP contribution in [0.3, 0.4) is 0 Å². The maximum atomic E-state index is 13.3. The lowest BCUT2D eigenvalue weighted by Gasteiger charge is -2.41. The summed E-state index contributed by atoms with van der Waals surface area (Å²) in [4.78, 5) is 45.8. The Balaban J connectivity index is 1.28. The number of para-hydroxylation sites is 1. The van der Waals surface area contributed by atoms with Crippen molar-refractivity contribution in [2.45, 2.75) is 31.8 Å². The number of rotatable bonds is 7. The van der Waals surface area contributed by atoms with E-state index >= 15 is 0 Å². The molecule has 162 valence electrons. The number of nitrogens with one attached hydrogen (secondary N) is 2. The minimum absolute atomic E-state index is 0.0746. The SMILES string of the molecule is O=C(CCCCCN1C(=O)c2ccccc2N2C(=O)c3ccccc3[C@H]12)Nc1ncn[nH]1. The summed E-state index contributed by atoms with van der Waals surface area (Å²) >= 11 is 0. The Hall–Kier alpha value is -4.01. The van der Waals surface area contributed by atoms with Crippen molar-refractivity contribution in [1.29, 1.82) is 0 Å². The first kappa shape index (κ1) is 19.9. The molecule has 1 atom stereocenters. The first-order valence-corrected chi connectivity index (χ1v) is 10.6. The number of anilines is 2. The van der Waals surface area contributed by atoms with Crippen LogP contribution in [0.25, 0.3) is 0 Å². The fourth-order valence-corrected chi connectivity index (χ4v) is 4.40. The summed E-state index contributed by atoms with van der Waals surface area (Å²) in [7, 11) is 0. The van der Waals surface area contributed by atoms with Gasteiger partial charge < -0.3 is 4.90 Å². The van der Waals surface area contributed by atoms with Gasteiger partial charge in [0.2, 0.25) is 11.9 Å². The van der Waals surface area contributed by atoms with Crippen LogP contribution in [0.2, 0.25) is 0 Å². The molecule has 0 bridgehead atoms. The number of unbranched alkanes of at least 4 members (excludes halogenated alkanes) is 2. The number of H-pyrrole nitrogens is 1. The second-order valence-corrected chi connectivity index (χ2v) is 7.84. The van der Waals surface area contributed by atoms with Gasteiger partial charge in [-0.1, -0.05) is 36.8 Å². The van der Waals surface area contributed by atoms with Crippen LogP contribution in [0.1, 0.15) is 58.1 Å². The highest BCUT2D eigenvalue weighted by Gasteiger charge is 2.47. The van der Waals surface area contributed by atoms with E-state index in [1.54, 1.807) is 15.9 Å². The average Bonchev–Trinajstić information content (AvgIpc) is 3.42. The van der Waals surface area contributed by atoms with Gasteiger partial charge in [-0.05, 0) is 31.0 Å². The van der Waals surface area contributed by atoms with E-state index < -0.39 is 6.17 Å².